The van der Waals surface area contributed by atoms with E-state index in [1.165, 1.54) is 25.5 Å². The highest BCUT2D eigenvalue weighted by Gasteiger charge is 2.52. The molecule has 2 heterocycles. The summed E-state index contributed by atoms with van der Waals surface area (Å²) >= 11 is 0. The summed E-state index contributed by atoms with van der Waals surface area (Å²) in [5.74, 6) is 1.44. The van der Waals surface area contributed by atoms with E-state index in [-0.39, 0.29) is 28.2 Å². The minimum absolute atomic E-state index is 0.0446. The number of anilines is 1. The minimum atomic E-state index is -3.75. The van der Waals surface area contributed by atoms with Gasteiger partial charge >= 0.3 is 0 Å². The molecular weight excluding hydrogens is 625 g/mol. The fourth-order valence-electron chi connectivity index (χ4n) is 9.22. The van der Waals surface area contributed by atoms with Crippen LogP contribution in [0.1, 0.15) is 85.6 Å². The van der Waals surface area contributed by atoms with Gasteiger partial charge in [-0.2, -0.15) is 0 Å². The van der Waals surface area contributed by atoms with Gasteiger partial charge in [0.1, 0.15) is 5.75 Å². The molecule has 9 nitrogen and oxygen atoms in total. The Bertz CT molecular complexity index is 1790. The molecule has 4 aliphatic carbocycles. The van der Waals surface area contributed by atoms with Gasteiger partial charge in [-0.25, -0.2) is 13.1 Å². The molecule has 4 bridgehead atoms. The molecule has 8 rings (SSSR count). The van der Waals surface area contributed by atoms with Crippen molar-refractivity contribution < 1.29 is 23.1 Å². The number of sulfonamides is 1. The quantitative estimate of drug-likeness (QED) is 0.317. The number of pyridine rings is 1. The van der Waals surface area contributed by atoms with E-state index in [4.69, 9.17) is 0 Å². The zero-order valence-corrected chi connectivity index (χ0v) is 28.9. The van der Waals surface area contributed by atoms with Gasteiger partial charge in [0, 0.05) is 54.8 Å². The molecule has 1 saturated heterocycles. The normalized spacial score (nSPS) is 25.3. The first-order chi connectivity index (χ1) is 22.7. The topological polar surface area (TPSA) is 120 Å². The van der Waals surface area contributed by atoms with Crippen LogP contribution in [0.2, 0.25) is 0 Å². The van der Waals surface area contributed by atoms with Gasteiger partial charge in [0.05, 0.1) is 11.9 Å². The summed E-state index contributed by atoms with van der Waals surface area (Å²) in [6.07, 6.45) is 9.73. The van der Waals surface area contributed by atoms with Gasteiger partial charge in [0.25, 0.3) is 11.8 Å². The fourth-order valence-corrected chi connectivity index (χ4v) is 10.8. The van der Waals surface area contributed by atoms with E-state index in [1.54, 1.807) is 24.4 Å². The summed E-state index contributed by atoms with van der Waals surface area (Å²) in [4.78, 5) is 34.9. The average molecular weight is 671 g/mol. The molecule has 2 N–H and O–H groups in total. The van der Waals surface area contributed by atoms with Crippen LogP contribution in [0.5, 0.6) is 5.75 Å². The Morgan fingerprint density at radius 3 is 2.06 bits per heavy atom. The SMILES string of the molecule is CC(C)(C)c1cc(C(=O)N2CCN(c3ccc(C(=O)NS(=O)(=O)CC45CC6CC(CC(C6)C4)C5)cc3)CC2)cc(-c2cncc(O)c2)c1. The second kappa shape index (κ2) is 12.2. The van der Waals surface area contributed by atoms with E-state index in [9.17, 15) is 23.1 Å². The molecule has 48 heavy (non-hydrogen) atoms. The molecule has 0 radical (unpaired) electrons. The van der Waals surface area contributed by atoms with Crippen LogP contribution in [0.15, 0.2) is 60.9 Å². The zero-order valence-electron chi connectivity index (χ0n) is 28.1. The molecule has 4 saturated carbocycles. The molecule has 10 heteroatoms. The highest BCUT2D eigenvalue weighted by molar-refractivity contribution is 7.90. The lowest BCUT2D eigenvalue weighted by molar-refractivity contribution is -0.0391. The molecule has 0 unspecified atom stereocenters. The van der Waals surface area contributed by atoms with Crippen molar-refractivity contribution in [1.29, 1.82) is 0 Å². The molecule has 1 aliphatic heterocycles. The number of amides is 2. The Balaban J connectivity index is 0.974. The summed E-state index contributed by atoms with van der Waals surface area (Å²) < 4.78 is 28.7. The van der Waals surface area contributed by atoms with E-state index in [0.717, 1.165) is 41.6 Å². The Labute approximate surface area is 283 Å². The molecule has 2 amide bonds. The standard InChI is InChI=1S/C38H46N4O5S/c1-37(2,3)32-16-29(31-18-34(43)23-39-22-31)15-30(17-32)36(45)42-10-8-41(9-11-42)33-6-4-28(5-7-33)35(44)40-48(46,47)24-38-19-25-12-26(20-38)14-27(13-25)21-38/h4-7,15-18,22-23,25-27,43H,8-14,19-21,24H2,1-3H3,(H,40,44). The molecule has 0 atom stereocenters. The van der Waals surface area contributed by atoms with Crippen molar-refractivity contribution in [2.75, 3.05) is 36.8 Å². The second-order valence-electron chi connectivity index (χ2n) is 15.9. The van der Waals surface area contributed by atoms with Crippen molar-refractivity contribution in [3.8, 4) is 16.9 Å². The number of rotatable bonds is 7. The number of benzene rings is 2. The highest BCUT2D eigenvalue weighted by atomic mass is 32.2. The van der Waals surface area contributed by atoms with Gasteiger partial charge in [-0.05, 0) is 121 Å². The second-order valence-corrected chi connectivity index (χ2v) is 17.6. The monoisotopic (exact) mass is 670 g/mol. The molecule has 5 fully saturated rings. The smallest absolute Gasteiger partial charge is 0.264 e. The predicted octanol–water partition coefficient (Wildman–Crippen LogP) is 5.99. The number of hydrogen-bond acceptors (Lipinski definition) is 7. The molecular formula is C38H46N4O5S. The number of carbonyl (C=O) groups excluding carboxylic acids is 2. The molecule has 0 spiro atoms. The van der Waals surface area contributed by atoms with Crippen LogP contribution in [-0.4, -0.2) is 67.2 Å². The van der Waals surface area contributed by atoms with Crippen molar-refractivity contribution >= 4 is 27.5 Å². The summed E-state index contributed by atoms with van der Waals surface area (Å²) in [6, 6.07) is 14.6. The van der Waals surface area contributed by atoms with E-state index >= 15 is 0 Å². The van der Waals surface area contributed by atoms with Crippen molar-refractivity contribution in [1.82, 2.24) is 14.6 Å². The maximum absolute atomic E-state index is 13.8. The van der Waals surface area contributed by atoms with Crippen molar-refractivity contribution in [2.45, 2.75) is 64.7 Å². The van der Waals surface area contributed by atoms with Crippen molar-refractivity contribution in [3.63, 3.8) is 0 Å². The Hall–Kier alpha value is -3.92. The van der Waals surface area contributed by atoms with E-state index in [0.29, 0.717) is 55.1 Å². The number of nitrogens with one attached hydrogen (secondary N) is 1. The van der Waals surface area contributed by atoms with Gasteiger partial charge in [-0.15, -0.1) is 0 Å². The van der Waals surface area contributed by atoms with Gasteiger partial charge < -0.3 is 14.9 Å². The van der Waals surface area contributed by atoms with E-state index < -0.39 is 15.9 Å². The molecule has 1 aromatic heterocycles. The number of piperazine rings is 1. The molecule has 2 aromatic carbocycles. The van der Waals surface area contributed by atoms with E-state index in [1.807, 2.05) is 35.2 Å². The minimum Gasteiger partial charge on any atom is -0.506 e. The van der Waals surface area contributed by atoms with Crippen LogP contribution in [-0.2, 0) is 15.4 Å². The number of nitrogens with zero attached hydrogens (tertiary/aromatic N) is 3. The van der Waals surface area contributed by atoms with Crippen LogP contribution < -0.4 is 9.62 Å². The lowest BCUT2D eigenvalue weighted by Crippen LogP contribution is -2.51. The molecule has 5 aliphatic rings. The molecule has 3 aromatic rings. The van der Waals surface area contributed by atoms with Gasteiger partial charge in [0.15, 0.2) is 0 Å². The summed E-state index contributed by atoms with van der Waals surface area (Å²) in [5, 5.41) is 10.00. The summed E-state index contributed by atoms with van der Waals surface area (Å²) in [5.41, 5.74) is 4.08. The lowest BCUT2D eigenvalue weighted by atomic mass is 9.50. The Kier molecular flexibility index (Phi) is 8.29. The fraction of sp³-hybridized carbons (Fsp3) is 0.500. The lowest BCUT2D eigenvalue weighted by Gasteiger charge is -2.56. The third-order valence-corrected chi connectivity index (χ3v) is 12.6. The first-order valence-electron chi connectivity index (χ1n) is 17.2. The van der Waals surface area contributed by atoms with Crippen LogP contribution in [0.25, 0.3) is 11.1 Å². The first-order valence-corrected chi connectivity index (χ1v) is 18.9. The van der Waals surface area contributed by atoms with Gasteiger partial charge in [-0.1, -0.05) is 26.8 Å². The third kappa shape index (κ3) is 6.81. The highest BCUT2D eigenvalue weighted by Crippen LogP contribution is 2.60. The maximum Gasteiger partial charge on any atom is 0.264 e. The first kappa shape index (κ1) is 32.6. The van der Waals surface area contributed by atoms with Crippen LogP contribution in [0.4, 0.5) is 5.69 Å². The zero-order chi connectivity index (χ0) is 33.8. The predicted molar refractivity (Wildman–Crippen MR) is 186 cm³/mol. The van der Waals surface area contributed by atoms with Crippen LogP contribution in [0.3, 0.4) is 0 Å². The number of carbonyl (C=O) groups is 2. The van der Waals surface area contributed by atoms with Crippen LogP contribution >= 0.6 is 0 Å². The number of aromatic nitrogens is 1. The maximum atomic E-state index is 13.8. The van der Waals surface area contributed by atoms with Crippen LogP contribution in [0, 0.1) is 23.2 Å². The van der Waals surface area contributed by atoms with Gasteiger partial charge in [0.2, 0.25) is 10.0 Å². The number of hydrogen-bond donors (Lipinski definition) is 2. The van der Waals surface area contributed by atoms with Crippen molar-refractivity contribution in [3.05, 3.63) is 77.6 Å². The molecule has 254 valence electrons. The van der Waals surface area contributed by atoms with E-state index in [2.05, 4.69) is 35.4 Å². The summed E-state index contributed by atoms with van der Waals surface area (Å²) in [6.45, 7) is 8.64. The van der Waals surface area contributed by atoms with Gasteiger partial charge in [-0.3, -0.25) is 14.6 Å². The summed E-state index contributed by atoms with van der Waals surface area (Å²) in [7, 11) is -3.75. The average Bonchev–Trinajstić information content (AvgIpc) is 3.02. The third-order valence-electron chi connectivity index (χ3n) is 11.1. The Morgan fingerprint density at radius 1 is 0.854 bits per heavy atom. The number of aromatic hydroxyl groups is 1. The van der Waals surface area contributed by atoms with Crippen molar-refractivity contribution in [2.24, 2.45) is 23.2 Å². The Morgan fingerprint density at radius 2 is 1.48 bits per heavy atom. The largest absolute Gasteiger partial charge is 0.506 e.